The number of thioether (sulfide) groups is 1. The van der Waals surface area contributed by atoms with Crippen molar-refractivity contribution >= 4 is 17.7 Å². The third-order valence-corrected chi connectivity index (χ3v) is 6.55. The average Bonchev–Trinajstić information content (AvgIpc) is 3.05. The molecule has 1 heterocycles. The molecule has 2 N–H and O–H groups in total. The molecular weight excluding hydrogens is 268 g/mol. The normalized spacial score (nSPS) is 40.5. The summed E-state index contributed by atoms with van der Waals surface area (Å²) >= 11 is 2.05. The van der Waals surface area contributed by atoms with E-state index in [2.05, 4.69) is 29.3 Å². The van der Waals surface area contributed by atoms with Crippen molar-refractivity contribution in [3.63, 3.8) is 0 Å². The van der Waals surface area contributed by atoms with Crippen LogP contribution in [0.3, 0.4) is 0 Å². The standard InChI is InChI=1S/C16H28N2OS/c1-2-20-13-8-7-12(10-13)17-16(19)15-9-11-5-3-4-6-14(11)18-15/h11-15,18H,2-10H2,1H3,(H,17,19). The van der Waals surface area contributed by atoms with Gasteiger partial charge in [0.2, 0.25) is 5.91 Å². The molecule has 0 aromatic carbocycles. The zero-order valence-electron chi connectivity index (χ0n) is 12.6. The molecule has 4 heteroatoms. The Morgan fingerprint density at radius 3 is 2.85 bits per heavy atom. The fourth-order valence-electron chi connectivity index (χ4n) is 4.28. The van der Waals surface area contributed by atoms with Crippen LogP contribution in [0.4, 0.5) is 0 Å². The Morgan fingerprint density at radius 2 is 2.05 bits per heavy atom. The van der Waals surface area contributed by atoms with Gasteiger partial charge in [-0.25, -0.2) is 0 Å². The van der Waals surface area contributed by atoms with Gasteiger partial charge in [0.15, 0.2) is 0 Å². The van der Waals surface area contributed by atoms with Gasteiger partial charge in [-0.1, -0.05) is 19.8 Å². The summed E-state index contributed by atoms with van der Waals surface area (Å²) in [6, 6.07) is 1.13. The minimum absolute atomic E-state index is 0.0842. The van der Waals surface area contributed by atoms with Crippen LogP contribution in [0, 0.1) is 5.92 Å². The van der Waals surface area contributed by atoms with Gasteiger partial charge >= 0.3 is 0 Å². The van der Waals surface area contributed by atoms with Crippen LogP contribution < -0.4 is 10.6 Å². The summed E-state index contributed by atoms with van der Waals surface area (Å²) < 4.78 is 0. The van der Waals surface area contributed by atoms with Crippen LogP contribution in [0.5, 0.6) is 0 Å². The molecule has 114 valence electrons. The number of amides is 1. The molecule has 0 aromatic heterocycles. The highest BCUT2D eigenvalue weighted by Crippen LogP contribution is 2.34. The molecule has 0 spiro atoms. The Labute approximate surface area is 127 Å². The predicted octanol–water partition coefficient (Wildman–Crippen LogP) is 2.70. The molecule has 5 unspecified atom stereocenters. The van der Waals surface area contributed by atoms with Crippen LogP contribution in [0.1, 0.15) is 58.3 Å². The van der Waals surface area contributed by atoms with Gasteiger partial charge in [-0.3, -0.25) is 4.79 Å². The van der Waals surface area contributed by atoms with E-state index in [9.17, 15) is 4.79 Å². The Balaban J connectivity index is 1.46. The van der Waals surface area contributed by atoms with Gasteiger partial charge in [-0.2, -0.15) is 11.8 Å². The zero-order chi connectivity index (χ0) is 13.9. The van der Waals surface area contributed by atoms with Crippen LogP contribution >= 0.6 is 11.8 Å². The summed E-state index contributed by atoms with van der Waals surface area (Å²) in [7, 11) is 0. The topological polar surface area (TPSA) is 41.1 Å². The second-order valence-electron chi connectivity index (χ2n) is 6.70. The maximum absolute atomic E-state index is 12.4. The highest BCUT2D eigenvalue weighted by molar-refractivity contribution is 7.99. The van der Waals surface area contributed by atoms with E-state index in [1.54, 1.807) is 0 Å². The third kappa shape index (κ3) is 3.33. The monoisotopic (exact) mass is 296 g/mol. The summed E-state index contributed by atoms with van der Waals surface area (Å²) in [6.45, 7) is 2.22. The molecule has 3 fully saturated rings. The molecule has 2 saturated carbocycles. The van der Waals surface area contributed by atoms with E-state index in [0.717, 1.165) is 17.6 Å². The van der Waals surface area contributed by atoms with Crippen LogP contribution in [-0.4, -0.2) is 35.0 Å². The first-order valence-corrected chi connectivity index (χ1v) is 9.49. The van der Waals surface area contributed by atoms with Gasteiger partial charge < -0.3 is 10.6 Å². The number of carbonyl (C=O) groups is 1. The van der Waals surface area contributed by atoms with E-state index < -0.39 is 0 Å². The zero-order valence-corrected chi connectivity index (χ0v) is 13.4. The number of carbonyl (C=O) groups excluding carboxylic acids is 1. The van der Waals surface area contributed by atoms with E-state index in [0.29, 0.717) is 12.1 Å². The quantitative estimate of drug-likeness (QED) is 0.838. The van der Waals surface area contributed by atoms with Gasteiger partial charge in [0.05, 0.1) is 6.04 Å². The number of fused-ring (bicyclic) bond motifs is 1. The van der Waals surface area contributed by atoms with E-state index in [-0.39, 0.29) is 11.9 Å². The van der Waals surface area contributed by atoms with Crippen molar-refractivity contribution in [2.24, 2.45) is 5.92 Å². The average molecular weight is 296 g/mol. The second kappa shape index (κ2) is 6.69. The van der Waals surface area contributed by atoms with E-state index >= 15 is 0 Å². The largest absolute Gasteiger partial charge is 0.352 e. The minimum Gasteiger partial charge on any atom is -0.352 e. The van der Waals surface area contributed by atoms with Crippen molar-refractivity contribution in [1.29, 1.82) is 0 Å². The maximum atomic E-state index is 12.4. The molecule has 0 radical (unpaired) electrons. The smallest absolute Gasteiger partial charge is 0.237 e. The Morgan fingerprint density at radius 1 is 1.20 bits per heavy atom. The molecule has 1 aliphatic heterocycles. The highest BCUT2D eigenvalue weighted by Gasteiger charge is 2.39. The molecule has 3 nitrogen and oxygen atoms in total. The molecular formula is C16H28N2OS. The van der Waals surface area contributed by atoms with Crippen molar-refractivity contribution in [2.45, 2.75) is 81.7 Å². The lowest BCUT2D eigenvalue weighted by Gasteiger charge is -2.24. The van der Waals surface area contributed by atoms with E-state index in [1.165, 1.54) is 50.7 Å². The summed E-state index contributed by atoms with van der Waals surface area (Å²) in [4.78, 5) is 12.4. The Hall–Kier alpha value is -0.220. The van der Waals surface area contributed by atoms with Crippen molar-refractivity contribution in [1.82, 2.24) is 10.6 Å². The predicted molar refractivity (Wildman–Crippen MR) is 85.0 cm³/mol. The molecule has 2 aliphatic carbocycles. The number of nitrogens with one attached hydrogen (secondary N) is 2. The van der Waals surface area contributed by atoms with Crippen molar-refractivity contribution in [3.05, 3.63) is 0 Å². The van der Waals surface area contributed by atoms with Crippen LogP contribution in [0.25, 0.3) is 0 Å². The molecule has 3 aliphatic rings. The molecule has 0 aromatic rings. The van der Waals surface area contributed by atoms with Gasteiger partial charge in [-0.05, 0) is 50.2 Å². The molecule has 3 rings (SSSR count). The molecule has 1 saturated heterocycles. The van der Waals surface area contributed by atoms with Gasteiger partial charge in [0.1, 0.15) is 0 Å². The lowest BCUT2D eigenvalue weighted by Crippen LogP contribution is -2.46. The summed E-state index contributed by atoms with van der Waals surface area (Å²) in [5.41, 5.74) is 0. The summed E-state index contributed by atoms with van der Waals surface area (Å²) in [5, 5.41) is 7.66. The number of rotatable bonds is 4. The van der Waals surface area contributed by atoms with Crippen molar-refractivity contribution in [3.8, 4) is 0 Å². The minimum atomic E-state index is 0.0842. The van der Waals surface area contributed by atoms with Gasteiger partial charge in [0, 0.05) is 17.3 Å². The summed E-state index contributed by atoms with van der Waals surface area (Å²) in [6.07, 6.45) is 9.96. The third-order valence-electron chi connectivity index (χ3n) is 5.31. The molecule has 1 amide bonds. The first kappa shape index (κ1) is 14.7. The first-order chi connectivity index (χ1) is 9.76. The second-order valence-corrected chi connectivity index (χ2v) is 8.28. The lowest BCUT2D eigenvalue weighted by atomic mass is 9.85. The Kier molecular flexibility index (Phi) is 4.92. The lowest BCUT2D eigenvalue weighted by molar-refractivity contribution is -0.123. The number of hydrogen-bond acceptors (Lipinski definition) is 3. The maximum Gasteiger partial charge on any atom is 0.237 e. The molecule has 20 heavy (non-hydrogen) atoms. The number of hydrogen-bond donors (Lipinski definition) is 2. The van der Waals surface area contributed by atoms with Crippen molar-refractivity contribution in [2.75, 3.05) is 5.75 Å². The van der Waals surface area contributed by atoms with E-state index in [4.69, 9.17) is 0 Å². The van der Waals surface area contributed by atoms with Crippen LogP contribution in [0.15, 0.2) is 0 Å². The van der Waals surface area contributed by atoms with Gasteiger partial charge in [0.25, 0.3) is 0 Å². The highest BCUT2D eigenvalue weighted by atomic mass is 32.2. The fraction of sp³-hybridized carbons (Fsp3) is 0.938. The fourth-order valence-corrected chi connectivity index (χ4v) is 5.42. The van der Waals surface area contributed by atoms with Gasteiger partial charge in [-0.15, -0.1) is 0 Å². The van der Waals surface area contributed by atoms with Crippen LogP contribution in [-0.2, 0) is 4.79 Å². The molecule has 5 atom stereocenters. The van der Waals surface area contributed by atoms with Crippen LogP contribution in [0.2, 0.25) is 0 Å². The SMILES string of the molecule is CCSC1CCC(NC(=O)C2CC3CCCCC3N2)C1. The Bertz CT molecular complexity index is 335. The van der Waals surface area contributed by atoms with E-state index in [1.807, 2.05) is 0 Å². The van der Waals surface area contributed by atoms with Crippen molar-refractivity contribution < 1.29 is 4.79 Å². The first-order valence-electron chi connectivity index (χ1n) is 8.44. The summed E-state index contributed by atoms with van der Waals surface area (Å²) in [5.74, 6) is 2.22. The molecule has 0 bridgehead atoms.